The first-order chi connectivity index (χ1) is 11.5. The second-order valence-corrected chi connectivity index (χ2v) is 5.27. The van der Waals surface area contributed by atoms with E-state index in [9.17, 15) is 52.7 Å². The van der Waals surface area contributed by atoms with Gasteiger partial charge >= 0.3 is 35.5 Å². The summed E-state index contributed by atoms with van der Waals surface area (Å²) in [4.78, 5) is 2.94. The highest BCUT2D eigenvalue weighted by atomic mass is 19.4. The molecule has 0 bridgehead atoms. The quantitative estimate of drug-likeness (QED) is 0.581. The van der Waals surface area contributed by atoms with Gasteiger partial charge in [0.15, 0.2) is 0 Å². The second-order valence-electron chi connectivity index (χ2n) is 5.27. The zero-order valence-electron chi connectivity index (χ0n) is 11.9. The first-order valence-electron chi connectivity index (χ1n) is 6.37. The summed E-state index contributed by atoms with van der Waals surface area (Å²) >= 11 is 0. The van der Waals surface area contributed by atoms with E-state index >= 15 is 0 Å². The maximum absolute atomic E-state index is 14.0. The van der Waals surface area contributed by atoms with Crippen LogP contribution in [0.3, 0.4) is 0 Å². The Labute approximate surface area is 136 Å². The maximum Gasteiger partial charge on any atom is 0.385 e. The molecule has 13 heteroatoms. The smallest absolute Gasteiger partial charge is 0.256 e. The van der Waals surface area contributed by atoms with Crippen molar-refractivity contribution in [2.45, 2.75) is 35.5 Å². The van der Waals surface area contributed by atoms with Crippen LogP contribution < -0.4 is 0 Å². The van der Waals surface area contributed by atoms with Crippen molar-refractivity contribution in [3.05, 3.63) is 36.2 Å². The predicted octanol–water partition coefficient (Wildman–Crippen LogP) is 5.29. The fourth-order valence-corrected chi connectivity index (χ4v) is 2.09. The molecule has 0 saturated carbocycles. The molecule has 1 aromatic rings. The van der Waals surface area contributed by atoms with Gasteiger partial charge in [0, 0.05) is 12.3 Å². The van der Waals surface area contributed by atoms with Gasteiger partial charge in [0.25, 0.3) is 0 Å². The van der Waals surface area contributed by atoms with Gasteiger partial charge in [-0.1, -0.05) is 6.07 Å². The summed E-state index contributed by atoms with van der Waals surface area (Å²) in [6, 6.07) is 2.08. The normalized spacial score (nSPS) is 27.8. The molecule has 0 amide bonds. The van der Waals surface area contributed by atoms with Crippen LogP contribution in [0.1, 0.15) is 5.69 Å². The topological polar surface area (TPSA) is 12.9 Å². The van der Waals surface area contributed by atoms with Gasteiger partial charge in [0.2, 0.25) is 0 Å². The molecule has 0 unspecified atom stereocenters. The summed E-state index contributed by atoms with van der Waals surface area (Å²) in [5.74, 6) is -42.1. The van der Waals surface area contributed by atoms with Crippen LogP contribution in [0.5, 0.6) is 0 Å². The number of halogens is 12. The third-order valence-electron chi connectivity index (χ3n) is 3.60. The fourth-order valence-electron chi connectivity index (χ4n) is 2.09. The van der Waals surface area contributed by atoms with Gasteiger partial charge in [-0.2, -0.15) is 52.7 Å². The summed E-state index contributed by atoms with van der Waals surface area (Å²) in [6.45, 7) is 0. The number of aromatic nitrogens is 1. The van der Waals surface area contributed by atoms with Crippen LogP contribution in [0.4, 0.5) is 52.7 Å². The van der Waals surface area contributed by atoms with Crippen molar-refractivity contribution in [3.63, 3.8) is 0 Å². The molecule has 0 fully saturated rings. The van der Waals surface area contributed by atoms with Crippen LogP contribution in [0, 0.1) is 0 Å². The summed E-state index contributed by atoms with van der Waals surface area (Å²) in [7, 11) is 0. The van der Waals surface area contributed by atoms with Crippen molar-refractivity contribution in [1.29, 1.82) is 0 Å². The second kappa shape index (κ2) is 5.28. The Morgan fingerprint density at radius 1 is 0.615 bits per heavy atom. The van der Waals surface area contributed by atoms with Gasteiger partial charge in [-0.05, 0) is 12.1 Å². The van der Waals surface area contributed by atoms with Gasteiger partial charge < -0.3 is 0 Å². The van der Waals surface area contributed by atoms with Gasteiger partial charge in [0.05, 0.1) is 11.3 Å². The van der Waals surface area contributed by atoms with Crippen LogP contribution in [-0.4, -0.2) is 40.5 Å². The molecule has 1 nitrogen and oxygen atoms in total. The molecule has 0 spiro atoms. The third-order valence-corrected chi connectivity index (χ3v) is 3.60. The largest absolute Gasteiger partial charge is 0.385 e. The van der Waals surface area contributed by atoms with E-state index in [0.29, 0.717) is 12.3 Å². The van der Waals surface area contributed by atoms with E-state index in [1.54, 1.807) is 0 Å². The Morgan fingerprint density at radius 3 is 1.58 bits per heavy atom. The highest BCUT2D eigenvalue weighted by Crippen LogP contribution is 2.64. The van der Waals surface area contributed by atoms with Crippen molar-refractivity contribution in [2.24, 2.45) is 0 Å². The fraction of sp³-hybridized carbons (Fsp3) is 0.462. The Balaban J connectivity index is 2.96. The van der Waals surface area contributed by atoms with Gasteiger partial charge in [-0.3, -0.25) is 4.98 Å². The molecule has 1 aromatic heterocycles. The first-order valence-corrected chi connectivity index (χ1v) is 6.37. The lowest BCUT2D eigenvalue weighted by atomic mass is 9.83. The van der Waals surface area contributed by atoms with Crippen molar-refractivity contribution in [3.8, 4) is 0 Å². The van der Waals surface area contributed by atoms with Crippen molar-refractivity contribution in [2.75, 3.05) is 0 Å². The highest BCUT2D eigenvalue weighted by Gasteiger charge is 2.91. The molecule has 26 heavy (non-hydrogen) atoms. The van der Waals surface area contributed by atoms with Crippen LogP contribution in [0.15, 0.2) is 30.5 Å². The Morgan fingerprint density at radius 2 is 1.12 bits per heavy atom. The molecule has 1 aliphatic rings. The van der Waals surface area contributed by atoms with E-state index in [0.717, 1.165) is 12.1 Å². The number of alkyl halides is 12. The predicted molar refractivity (Wildman–Crippen MR) is 61.9 cm³/mol. The SMILES string of the molecule is FC1(F)C=C(c2ccccn2)C(F)(F)C(F)(F)C(F)(F)C(F)(F)C1(F)F. The number of allylic oxidation sites excluding steroid dienone is 2. The van der Waals surface area contributed by atoms with Crippen molar-refractivity contribution in [1.82, 2.24) is 4.98 Å². The minimum absolute atomic E-state index is 0.349. The van der Waals surface area contributed by atoms with Crippen LogP contribution in [0.25, 0.3) is 5.57 Å². The molecule has 0 aliphatic heterocycles. The summed E-state index contributed by atoms with van der Waals surface area (Å²) in [5.41, 5.74) is -4.25. The standard InChI is InChI=1S/C13H5F12N/c14-8(15)5-6(7-3-1-2-4-26-7)9(16,17)11(20,21)13(24,25)12(22,23)10(8,18)19/h1-5H. The maximum atomic E-state index is 14.0. The molecule has 0 aromatic carbocycles. The number of hydrogen-bond donors (Lipinski definition) is 0. The summed E-state index contributed by atoms with van der Waals surface area (Å²) in [6.07, 6.45) is -1.02. The number of pyridine rings is 1. The lowest BCUT2D eigenvalue weighted by Gasteiger charge is -2.43. The van der Waals surface area contributed by atoms with E-state index in [1.807, 2.05) is 0 Å². The van der Waals surface area contributed by atoms with Crippen LogP contribution in [0.2, 0.25) is 0 Å². The zero-order valence-corrected chi connectivity index (χ0v) is 11.9. The molecule has 1 aliphatic carbocycles. The van der Waals surface area contributed by atoms with Gasteiger partial charge in [-0.15, -0.1) is 0 Å². The number of rotatable bonds is 1. The Bertz CT molecular complexity index is 722. The highest BCUT2D eigenvalue weighted by molar-refractivity contribution is 5.71. The average molecular weight is 403 g/mol. The molecular formula is C13H5F12N. The van der Waals surface area contributed by atoms with E-state index in [2.05, 4.69) is 4.98 Å². The minimum Gasteiger partial charge on any atom is -0.256 e. The van der Waals surface area contributed by atoms with Crippen LogP contribution >= 0.6 is 0 Å². The first kappa shape index (κ1) is 20.4. The average Bonchev–Trinajstić information content (AvgIpc) is 2.51. The van der Waals surface area contributed by atoms with Crippen molar-refractivity contribution < 1.29 is 52.7 Å². The molecule has 0 atom stereocenters. The third kappa shape index (κ3) is 2.24. The molecule has 0 radical (unpaired) electrons. The van der Waals surface area contributed by atoms with Crippen molar-refractivity contribution >= 4 is 5.57 Å². The van der Waals surface area contributed by atoms with E-state index < -0.39 is 52.9 Å². The monoisotopic (exact) mass is 403 g/mol. The number of hydrogen-bond acceptors (Lipinski definition) is 1. The van der Waals surface area contributed by atoms with Gasteiger partial charge in [-0.25, -0.2) is 0 Å². The van der Waals surface area contributed by atoms with E-state index in [1.165, 1.54) is 0 Å². The zero-order chi connectivity index (χ0) is 20.4. The molecule has 1 heterocycles. The summed E-state index contributed by atoms with van der Waals surface area (Å²) in [5, 5.41) is 0. The summed E-state index contributed by atoms with van der Waals surface area (Å²) < 4.78 is 162. The molecule has 0 N–H and O–H groups in total. The van der Waals surface area contributed by atoms with Gasteiger partial charge in [0.1, 0.15) is 0 Å². The van der Waals surface area contributed by atoms with Crippen LogP contribution in [-0.2, 0) is 0 Å². The lowest BCUT2D eigenvalue weighted by Crippen LogP contribution is -2.71. The number of nitrogens with zero attached hydrogens (tertiary/aromatic N) is 1. The van der Waals surface area contributed by atoms with E-state index in [4.69, 9.17) is 0 Å². The Kier molecular flexibility index (Phi) is 4.14. The Hall–Kier alpha value is -1.95. The lowest BCUT2D eigenvalue weighted by molar-refractivity contribution is -0.417. The molecule has 146 valence electrons. The molecule has 0 saturated heterocycles. The minimum atomic E-state index is -7.54. The van der Waals surface area contributed by atoms with E-state index in [-0.39, 0.29) is 0 Å². The molecule has 2 rings (SSSR count). The molecular weight excluding hydrogens is 398 g/mol.